The van der Waals surface area contributed by atoms with Crippen molar-refractivity contribution in [2.75, 3.05) is 0 Å². The van der Waals surface area contributed by atoms with E-state index in [0.717, 1.165) is 25.8 Å². The predicted octanol–water partition coefficient (Wildman–Crippen LogP) is 4.57. The predicted molar refractivity (Wildman–Crippen MR) is 91.9 cm³/mol. The number of benzene rings is 1. The third kappa shape index (κ3) is 5.25. The molecule has 0 saturated carbocycles. The summed E-state index contributed by atoms with van der Waals surface area (Å²) in [6.45, 7) is 9.76. The minimum Gasteiger partial charge on any atom is -0.307 e. The molecule has 0 aliphatic heterocycles. The molecule has 0 atom stereocenters. The number of aromatic nitrogens is 1. The van der Waals surface area contributed by atoms with Gasteiger partial charge in [-0.3, -0.25) is 0 Å². The average molecular weight is 302 g/mol. The molecule has 1 heterocycles. The van der Waals surface area contributed by atoms with Crippen LogP contribution in [0.15, 0.2) is 30.3 Å². The molecule has 0 unspecified atom stereocenters. The van der Waals surface area contributed by atoms with Crippen molar-refractivity contribution < 1.29 is 0 Å². The molecule has 1 aromatic heterocycles. The fourth-order valence-corrected chi connectivity index (χ4v) is 3.29. The van der Waals surface area contributed by atoms with Crippen LogP contribution in [0.2, 0.25) is 0 Å². The smallest absolute Gasteiger partial charge is 0.0975 e. The molecule has 2 aromatic rings. The van der Waals surface area contributed by atoms with E-state index in [1.54, 1.807) is 0 Å². The van der Waals surface area contributed by atoms with E-state index in [2.05, 4.69) is 63.3 Å². The maximum Gasteiger partial charge on any atom is 0.0975 e. The molecular formula is C18H26N2S. The van der Waals surface area contributed by atoms with E-state index in [1.165, 1.54) is 21.1 Å². The first-order valence-electron chi connectivity index (χ1n) is 7.74. The van der Waals surface area contributed by atoms with Crippen molar-refractivity contribution in [3.05, 3.63) is 51.5 Å². The van der Waals surface area contributed by atoms with E-state index in [1.807, 2.05) is 11.3 Å². The van der Waals surface area contributed by atoms with Crippen molar-refractivity contribution in [2.24, 2.45) is 0 Å². The van der Waals surface area contributed by atoms with Gasteiger partial charge >= 0.3 is 0 Å². The van der Waals surface area contributed by atoms with Crippen molar-refractivity contribution in [2.45, 2.75) is 59.0 Å². The van der Waals surface area contributed by atoms with Gasteiger partial charge in [-0.25, -0.2) is 4.98 Å². The van der Waals surface area contributed by atoms with Gasteiger partial charge in [0.05, 0.1) is 10.7 Å². The van der Waals surface area contributed by atoms with E-state index in [4.69, 9.17) is 4.98 Å². The van der Waals surface area contributed by atoms with Crippen molar-refractivity contribution in [1.29, 1.82) is 0 Å². The number of nitrogens with one attached hydrogen (secondary N) is 1. The molecule has 2 rings (SSSR count). The lowest BCUT2D eigenvalue weighted by Gasteiger charge is -2.20. The van der Waals surface area contributed by atoms with Crippen LogP contribution < -0.4 is 5.32 Å². The van der Waals surface area contributed by atoms with Gasteiger partial charge in [0.25, 0.3) is 0 Å². The van der Waals surface area contributed by atoms with Crippen molar-refractivity contribution >= 4 is 11.3 Å². The van der Waals surface area contributed by atoms with Crippen molar-refractivity contribution in [3.8, 4) is 0 Å². The Hall–Kier alpha value is -1.19. The lowest BCUT2D eigenvalue weighted by atomic mass is 10.1. The highest BCUT2D eigenvalue weighted by Crippen LogP contribution is 2.23. The summed E-state index contributed by atoms with van der Waals surface area (Å²) < 4.78 is 0. The van der Waals surface area contributed by atoms with E-state index in [9.17, 15) is 0 Å². The average Bonchev–Trinajstić information content (AvgIpc) is 2.79. The summed E-state index contributed by atoms with van der Waals surface area (Å²) in [7, 11) is 0. The maximum absolute atomic E-state index is 4.87. The zero-order chi connectivity index (χ0) is 15.3. The quantitative estimate of drug-likeness (QED) is 0.845. The van der Waals surface area contributed by atoms with Crippen LogP contribution in [0.25, 0.3) is 0 Å². The van der Waals surface area contributed by atoms with E-state index in [0.29, 0.717) is 0 Å². The Labute approximate surface area is 132 Å². The van der Waals surface area contributed by atoms with Gasteiger partial charge in [0.1, 0.15) is 0 Å². The fourth-order valence-electron chi connectivity index (χ4n) is 2.20. The van der Waals surface area contributed by atoms with Gasteiger partial charge in [0.15, 0.2) is 0 Å². The molecular weight excluding hydrogens is 276 g/mol. The van der Waals surface area contributed by atoms with Crippen LogP contribution in [0, 0.1) is 0 Å². The number of hydrogen-bond acceptors (Lipinski definition) is 3. The fraction of sp³-hybridized carbons (Fsp3) is 0.500. The maximum atomic E-state index is 4.87. The summed E-state index contributed by atoms with van der Waals surface area (Å²) in [4.78, 5) is 6.28. The van der Waals surface area contributed by atoms with E-state index >= 15 is 0 Å². The summed E-state index contributed by atoms with van der Waals surface area (Å²) in [5.41, 5.74) is 2.77. The molecule has 2 nitrogen and oxygen atoms in total. The van der Waals surface area contributed by atoms with Crippen LogP contribution in [0.1, 0.15) is 55.3 Å². The Morgan fingerprint density at radius 2 is 1.86 bits per heavy atom. The Morgan fingerprint density at radius 1 is 1.14 bits per heavy atom. The van der Waals surface area contributed by atoms with Crippen LogP contribution >= 0.6 is 11.3 Å². The van der Waals surface area contributed by atoms with Crippen LogP contribution in [-0.2, 0) is 19.4 Å². The highest BCUT2D eigenvalue weighted by molar-refractivity contribution is 7.11. The van der Waals surface area contributed by atoms with Crippen LogP contribution in [0.3, 0.4) is 0 Å². The molecule has 0 radical (unpaired) electrons. The standard InChI is InChI=1S/C18H26N2S/c1-5-9-15-16(13-19-18(2,3)4)21-17(20-15)12-14-10-7-6-8-11-14/h6-8,10-11,19H,5,9,12-13H2,1-4H3. The zero-order valence-corrected chi connectivity index (χ0v) is 14.4. The van der Waals surface area contributed by atoms with E-state index < -0.39 is 0 Å². The molecule has 21 heavy (non-hydrogen) atoms. The van der Waals surface area contributed by atoms with Crippen LogP contribution in [-0.4, -0.2) is 10.5 Å². The van der Waals surface area contributed by atoms with Crippen molar-refractivity contribution in [3.63, 3.8) is 0 Å². The molecule has 114 valence electrons. The first-order valence-corrected chi connectivity index (χ1v) is 8.56. The Balaban J connectivity index is 2.12. The van der Waals surface area contributed by atoms with Gasteiger partial charge in [-0.05, 0) is 32.8 Å². The molecule has 0 saturated heterocycles. The molecule has 0 aliphatic carbocycles. The zero-order valence-electron chi connectivity index (χ0n) is 13.6. The SMILES string of the molecule is CCCc1nc(Cc2ccccc2)sc1CNC(C)(C)C. The first kappa shape index (κ1) is 16.2. The second kappa shape index (κ2) is 7.19. The van der Waals surface area contributed by atoms with Crippen LogP contribution in [0.5, 0.6) is 0 Å². The molecule has 3 heteroatoms. The Morgan fingerprint density at radius 3 is 2.48 bits per heavy atom. The molecule has 0 aliphatic rings. The summed E-state index contributed by atoms with van der Waals surface area (Å²) in [6.07, 6.45) is 3.17. The second-order valence-electron chi connectivity index (χ2n) is 6.49. The highest BCUT2D eigenvalue weighted by atomic mass is 32.1. The third-order valence-electron chi connectivity index (χ3n) is 3.29. The minimum absolute atomic E-state index is 0.146. The van der Waals surface area contributed by atoms with Gasteiger partial charge in [-0.2, -0.15) is 0 Å². The number of hydrogen-bond donors (Lipinski definition) is 1. The third-order valence-corrected chi connectivity index (χ3v) is 4.38. The highest BCUT2D eigenvalue weighted by Gasteiger charge is 2.14. The normalized spacial score (nSPS) is 11.8. The number of nitrogens with zero attached hydrogens (tertiary/aromatic N) is 1. The molecule has 1 N–H and O–H groups in total. The van der Waals surface area contributed by atoms with Gasteiger partial charge in [-0.1, -0.05) is 43.7 Å². The number of thiazole rings is 1. The van der Waals surface area contributed by atoms with Gasteiger partial charge in [-0.15, -0.1) is 11.3 Å². The number of aryl methyl sites for hydroxylation is 1. The summed E-state index contributed by atoms with van der Waals surface area (Å²) >= 11 is 1.86. The van der Waals surface area contributed by atoms with Gasteiger partial charge in [0.2, 0.25) is 0 Å². The largest absolute Gasteiger partial charge is 0.307 e. The van der Waals surface area contributed by atoms with E-state index in [-0.39, 0.29) is 5.54 Å². The molecule has 0 amide bonds. The summed E-state index contributed by atoms with van der Waals surface area (Å²) in [5.74, 6) is 0. The molecule has 1 aromatic carbocycles. The number of rotatable bonds is 6. The minimum atomic E-state index is 0.146. The Kier molecular flexibility index (Phi) is 5.54. The Bertz CT molecular complexity index is 552. The monoisotopic (exact) mass is 302 g/mol. The van der Waals surface area contributed by atoms with Gasteiger partial charge in [0, 0.05) is 23.4 Å². The van der Waals surface area contributed by atoms with Crippen molar-refractivity contribution in [1.82, 2.24) is 10.3 Å². The lowest BCUT2D eigenvalue weighted by molar-refractivity contribution is 0.425. The summed E-state index contributed by atoms with van der Waals surface area (Å²) in [6, 6.07) is 10.6. The van der Waals surface area contributed by atoms with Gasteiger partial charge < -0.3 is 5.32 Å². The second-order valence-corrected chi connectivity index (χ2v) is 7.66. The molecule has 0 spiro atoms. The summed E-state index contributed by atoms with van der Waals surface area (Å²) in [5, 5.41) is 4.82. The first-order chi connectivity index (χ1) is 9.98. The molecule has 0 fully saturated rings. The topological polar surface area (TPSA) is 24.9 Å². The molecule has 0 bridgehead atoms. The lowest BCUT2D eigenvalue weighted by Crippen LogP contribution is -2.35. The van der Waals surface area contributed by atoms with Crippen LogP contribution in [0.4, 0.5) is 0 Å².